The zero-order valence-electron chi connectivity index (χ0n) is 12.3. The highest BCUT2D eigenvalue weighted by Crippen LogP contribution is 2.30. The van der Waals surface area contributed by atoms with Crippen LogP contribution in [0.25, 0.3) is 0 Å². The average molecular weight is 255 g/mol. The lowest BCUT2D eigenvalue weighted by molar-refractivity contribution is 0.201. The maximum Gasteiger partial charge on any atom is 0.144 e. The molecule has 0 unspecified atom stereocenters. The van der Waals surface area contributed by atoms with E-state index >= 15 is 0 Å². The van der Waals surface area contributed by atoms with Crippen LogP contribution in [0.3, 0.4) is 0 Å². The lowest BCUT2D eigenvalue weighted by Crippen LogP contribution is -2.36. The minimum absolute atomic E-state index is 0.211. The molecule has 1 rings (SSSR count). The van der Waals surface area contributed by atoms with Crippen LogP contribution in [-0.4, -0.2) is 35.1 Å². The third kappa shape index (κ3) is 4.84. The van der Waals surface area contributed by atoms with E-state index in [9.17, 15) is 0 Å². The van der Waals surface area contributed by atoms with Crippen molar-refractivity contribution in [2.45, 2.75) is 59.4 Å². The van der Waals surface area contributed by atoms with Gasteiger partial charge in [0.05, 0.1) is 0 Å². The van der Waals surface area contributed by atoms with Crippen LogP contribution in [0.1, 0.15) is 53.4 Å². The average Bonchev–Trinajstić information content (AvgIpc) is 3.10. The van der Waals surface area contributed by atoms with Crippen LogP contribution in [0.4, 0.5) is 0 Å². The van der Waals surface area contributed by atoms with E-state index in [1.807, 2.05) is 13.8 Å². The van der Waals surface area contributed by atoms with Crippen molar-refractivity contribution in [3.8, 4) is 0 Å². The molecule has 106 valence electrons. The van der Waals surface area contributed by atoms with Gasteiger partial charge in [-0.15, -0.1) is 0 Å². The zero-order valence-corrected chi connectivity index (χ0v) is 12.3. The SMILES string of the molecule is CC(C)N(CCCC(C)(C)C(N)=NO)CC1CC1. The summed E-state index contributed by atoms with van der Waals surface area (Å²) in [5.74, 6) is 1.27. The third-order valence-electron chi connectivity index (χ3n) is 3.97. The Morgan fingerprint density at radius 1 is 1.44 bits per heavy atom. The number of hydrogen-bond donors (Lipinski definition) is 2. The number of nitrogens with two attached hydrogens (primary N) is 1. The molecular formula is C14H29N3O. The molecule has 0 aromatic carbocycles. The number of amidine groups is 1. The maximum atomic E-state index is 8.75. The van der Waals surface area contributed by atoms with Crippen LogP contribution in [-0.2, 0) is 0 Å². The summed E-state index contributed by atoms with van der Waals surface area (Å²) in [6.45, 7) is 10.9. The summed E-state index contributed by atoms with van der Waals surface area (Å²) in [5.41, 5.74) is 5.49. The molecule has 0 saturated heterocycles. The standard InChI is InChI=1S/C14H29N3O/c1-11(2)17(10-12-6-7-12)9-5-8-14(3,4)13(15)16-18/h11-12,18H,5-10H2,1-4H3,(H2,15,16). The predicted octanol–water partition coefficient (Wildman–Crippen LogP) is 2.66. The van der Waals surface area contributed by atoms with Crippen LogP contribution in [0.2, 0.25) is 0 Å². The minimum atomic E-state index is -0.211. The lowest BCUT2D eigenvalue weighted by atomic mass is 9.86. The molecule has 0 heterocycles. The van der Waals surface area contributed by atoms with E-state index < -0.39 is 0 Å². The molecule has 1 fully saturated rings. The smallest absolute Gasteiger partial charge is 0.144 e. The van der Waals surface area contributed by atoms with Crippen molar-refractivity contribution in [1.82, 2.24) is 4.90 Å². The van der Waals surface area contributed by atoms with Crippen molar-refractivity contribution in [2.75, 3.05) is 13.1 Å². The van der Waals surface area contributed by atoms with E-state index in [1.165, 1.54) is 19.4 Å². The van der Waals surface area contributed by atoms with Gasteiger partial charge in [0.1, 0.15) is 5.84 Å². The molecule has 0 aromatic heterocycles. The molecule has 0 atom stereocenters. The fourth-order valence-electron chi connectivity index (χ4n) is 2.18. The highest BCUT2D eigenvalue weighted by atomic mass is 16.4. The van der Waals surface area contributed by atoms with Gasteiger partial charge in [-0.1, -0.05) is 19.0 Å². The molecule has 0 radical (unpaired) electrons. The van der Waals surface area contributed by atoms with Crippen LogP contribution in [0, 0.1) is 11.3 Å². The van der Waals surface area contributed by atoms with E-state index in [2.05, 4.69) is 23.9 Å². The van der Waals surface area contributed by atoms with Crippen molar-refractivity contribution in [3.63, 3.8) is 0 Å². The predicted molar refractivity (Wildman–Crippen MR) is 75.9 cm³/mol. The lowest BCUT2D eigenvalue weighted by Gasteiger charge is -2.29. The molecule has 0 amide bonds. The molecule has 0 aromatic rings. The monoisotopic (exact) mass is 255 g/mol. The Kier molecular flexibility index (Phi) is 5.45. The quantitative estimate of drug-likeness (QED) is 0.303. The Morgan fingerprint density at radius 2 is 2.06 bits per heavy atom. The maximum absolute atomic E-state index is 8.75. The summed E-state index contributed by atoms with van der Waals surface area (Å²) in [6.07, 6.45) is 4.85. The highest BCUT2D eigenvalue weighted by Gasteiger charge is 2.27. The van der Waals surface area contributed by atoms with Gasteiger partial charge in [-0.3, -0.25) is 0 Å². The fraction of sp³-hybridized carbons (Fsp3) is 0.929. The first-order valence-electron chi connectivity index (χ1n) is 7.09. The van der Waals surface area contributed by atoms with Crippen molar-refractivity contribution in [3.05, 3.63) is 0 Å². The van der Waals surface area contributed by atoms with E-state index in [1.54, 1.807) is 0 Å². The van der Waals surface area contributed by atoms with Gasteiger partial charge in [-0.25, -0.2) is 0 Å². The van der Waals surface area contributed by atoms with Crippen LogP contribution < -0.4 is 5.73 Å². The van der Waals surface area contributed by atoms with Gasteiger partial charge in [-0.05, 0) is 52.0 Å². The van der Waals surface area contributed by atoms with Gasteiger partial charge in [0.15, 0.2) is 0 Å². The number of nitrogens with zero attached hydrogens (tertiary/aromatic N) is 2. The van der Waals surface area contributed by atoms with Gasteiger partial charge >= 0.3 is 0 Å². The summed E-state index contributed by atoms with van der Waals surface area (Å²) in [5, 5.41) is 11.9. The Morgan fingerprint density at radius 3 is 2.50 bits per heavy atom. The van der Waals surface area contributed by atoms with Crippen molar-refractivity contribution in [1.29, 1.82) is 0 Å². The molecule has 4 nitrogen and oxygen atoms in total. The van der Waals surface area contributed by atoms with Gasteiger partial charge in [-0.2, -0.15) is 0 Å². The largest absolute Gasteiger partial charge is 0.409 e. The Bertz CT molecular complexity index is 283. The van der Waals surface area contributed by atoms with E-state index in [0.717, 1.165) is 25.3 Å². The van der Waals surface area contributed by atoms with Crippen LogP contribution in [0.5, 0.6) is 0 Å². The summed E-state index contributed by atoms with van der Waals surface area (Å²) in [7, 11) is 0. The van der Waals surface area contributed by atoms with Gasteiger partial charge in [0.25, 0.3) is 0 Å². The summed E-state index contributed by atoms with van der Waals surface area (Å²) in [6, 6.07) is 0.609. The van der Waals surface area contributed by atoms with Crippen LogP contribution >= 0.6 is 0 Å². The summed E-state index contributed by atoms with van der Waals surface area (Å²) >= 11 is 0. The Hall–Kier alpha value is -0.770. The topological polar surface area (TPSA) is 61.8 Å². The van der Waals surface area contributed by atoms with E-state index in [0.29, 0.717) is 11.9 Å². The Labute approximate surface area is 111 Å². The van der Waals surface area contributed by atoms with E-state index in [-0.39, 0.29) is 5.41 Å². The number of rotatable bonds is 8. The van der Waals surface area contributed by atoms with Gasteiger partial charge in [0.2, 0.25) is 0 Å². The van der Waals surface area contributed by atoms with Crippen LogP contribution in [0.15, 0.2) is 5.16 Å². The molecule has 3 N–H and O–H groups in total. The van der Waals surface area contributed by atoms with E-state index in [4.69, 9.17) is 10.9 Å². The molecular weight excluding hydrogens is 226 g/mol. The first-order valence-corrected chi connectivity index (χ1v) is 7.09. The zero-order chi connectivity index (χ0) is 13.8. The molecule has 0 spiro atoms. The molecule has 4 heteroatoms. The second-order valence-electron chi connectivity index (χ2n) is 6.50. The first-order chi connectivity index (χ1) is 8.36. The summed E-state index contributed by atoms with van der Waals surface area (Å²) in [4.78, 5) is 2.56. The van der Waals surface area contributed by atoms with Gasteiger partial charge < -0.3 is 15.8 Å². The van der Waals surface area contributed by atoms with Gasteiger partial charge in [0, 0.05) is 18.0 Å². The second kappa shape index (κ2) is 6.41. The van der Waals surface area contributed by atoms with Crippen molar-refractivity contribution >= 4 is 5.84 Å². The third-order valence-corrected chi connectivity index (χ3v) is 3.97. The molecule has 0 aliphatic heterocycles. The molecule has 1 saturated carbocycles. The number of hydrogen-bond acceptors (Lipinski definition) is 3. The van der Waals surface area contributed by atoms with Crippen molar-refractivity contribution < 1.29 is 5.21 Å². The Balaban J connectivity index is 2.33. The molecule has 0 bridgehead atoms. The first kappa shape index (κ1) is 15.3. The second-order valence-corrected chi connectivity index (χ2v) is 6.50. The summed E-state index contributed by atoms with van der Waals surface area (Å²) < 4.78 is 0. The molecule has 1 aliphatic rings. The highest BCUT2D eigenvalue weighted by molar-refractivity contribution is 5.85. The molecule has 1 aliphatic carbocycles. The normalized spacial score (nSPS) is 17.8. The van der Waals surface area contributed by atoms with Crippen molar-refractivity contribution in [2.24, 2.45) is 22.2 Å². The minimum Gasteiger partial charge on any atom is -0.409 e. The number of oxime groups is 1. The fourth-order valence-corrected chi connectivity index (χ4v) is 2.18. The molecule has 18 heavy (non-hydrogen) atoms.